The van der Waals surface area contributed by atoms with E-state index < -0.39 is 29.6 Å². The van der Waals surface area contributed by atoms with Crippen LogP contribution < -0.4 is 0 Å². The third kappa shape index (κ3) is 5.67. The van der Waals surface area contributed by atoms with Crippen LogP contribution >= 0.6 is 0 Å². The second kappa shape index (κ2) is 6.81. The standard InChI is InChI=1S/C14H22F2O4/c1-7-8-10(19-11(17)9(2)3)14(15,16)12(18)20-13(4,5)6/h10H,2,7-8H2,1,3-6H3. The molecule has 0 heterocycles. The van der Waals surface area contributed by atoms with E-state index in [0.29, 0.717) is 6.42 Å². The molecule has 0 spiro atoms. The van der Waals surface area contributed by atoms with Gasteiger partial charge in [0, 0.05) is 5.57 Å². The number of esters is 2. The van der Waals surface area contributed by atoms with Crippen LogP contribution in [0.5, 0.6) is 0 Å². The van der Waals surface area contributed by atoms with Crippen LogP contribution in [0.2, 0.25) is 0 Å². The highest BCUT2D eigenvalue weighted by atomic mass is 19.3. The molecule has 0 amide bonds. The molecule has 0 aromatic rings. The van der Waals surface area contributed by atoms with Gasteiger partial charge in [0.2, 0.25) is 0 Å². The molecule has 0 fully saturated rings. The zero-order valence-corrected chi connectivity index (χ0v) is 12.6. The minimum absolute atomic E-state index is 0.00825. The van der Waals surface area contributed by atoms with E-state index in [0.717, 1.165) is 0 Å². The second-order valence-electron chi connectivity index (χ2n) is 5.59. The molecule has 0 bridgehead atoms. The van der Waals surface area contributed by atoms with Crippen molar-refractivity contribution in [3.63, 3.8) is 0 Å². The summed E-state index contributed by atoms with van der Waals surface area (Å²) < 4.78 is 37.4. The van der Waals surface area contributed by atoms with Gasteiger partial charge in [-0.2, -0.15) is 8.78 Å². The van der Waals surface area contributed by atoms with Crippen molar-refractivity contribution in [1.29, 1.82) is 0 Å². The van der Waals surface area contributed by atoms with Crippen molar-refractivity contribution in [1.82, 2.24) is 0 Å². The highest BCUT2D eigenvalue weighted by molar-refractivity contribution is 5.87. The van der Waals surface area contributed by atoms with Gasteiger partial charge in [-0.3, -0.25) is 0 Å². The zero-order chi connectivity index (χ0) is 16.1. The lowest BCUT2D eigenvalue weighted by atomic mass is 10.1. The Bertz CT molecular complexity index is 383. The molecular weight excluding hydrogens is 270 g/mol. The molecule has 4 nitrogen and oxygen atoms in total. The molecule has 0 aromatic heterocycles. The minimum atomic E-state index is -3.89. The lowest BCUT2D eigenvalue weighted by Crippen LogP contribution is -2.47. The van der Waals surface area contributed by atoms with E-state index in [4.69, 9.17) is 0 Å². The molecule has 0 aliphatic carbocycles. The number of carbonyl (C=O) groups excluding carboxylic acids is 2. The van der Waals surface area contributed by atoms with E-state index >= 15 is 0 Å². The second-order valence-corrected chi connectivity index (χ2v) is 5.59. The Morgan fingerprint density at radius 1 is 1.25 bits per heavy atom. The van der Waals surface area contributed by atoms with Gasteiger partial charge in [0.15, 0.2) is 6.10 Å². The van der Waals surface area contributed by atoms with Crippen molar-refractivity contribution in [2.75, 3.05) is 0 Å². The summed E-state index contributed by atoms with van der Waals surface area (Å²) in [4.78, 5) is 22.9. The SMILES string of the molecule is C=C(C)C(=O)OC(CCC)C(F)(F)C(=O)OC(C)(C)C. The highest BCUT2D eigenvalue weighted by Crippen LogP contribution is 2.29. The summed E-state index contributed by atoms with van der Waals surface area (Å²) in [6.07, 6.45) is -1.68. The van der Waals surface area contributed by atoms with Crippen molar-refractivity contribution in [3.8, 4) is 0 Å². The summed E-state index contributed by atoms with van der Waals surface area (Å²) in [5, 5.41) is 0. The number of hydrogen-bond donors (Lipinski definition) is 0. The Balaban J connectivity index is 5.09. The van der Waals surface area contributed by atoms with Crippen LogP contribution in [0.15, 0.2) is 12.2 Å². The van der Waals surface area contributed by atoms with Crippen LogP contribution in [0, 0.1) is 0 Å². The van der Waals surface area contributed by atoms with E-state index in [9.17, 15) is 18.4 Å². The first kappa shape index (κ1) is 18.5. The molecule has 0 aliphatic rings. The quantitative estimate of drug-likeness (QED) is 0.557. The van der Waals surface area contributed by atoms with Gasteiger partial charge in [0.05, 0.1) is 0 Å². The third-order valence-corrected chi connectivity index (χ3v) is 2.22. The zero-order valence-electron chi connectivity index (χ0n) is 12.6. The fourth-order valence-corrected chi connectivity index (χ4v) is 1.28. The summed E-state index contributed by atoms with van der Waals surface area (Å²) in [7, 11) is 0. The van der Waals surface area contributed by atoms with Crippen molar-refractivity contribution in [3.05, 3.63) is 12.2 Å². The number of halogens is 2. The number of rotatable bonds is 6. The maximum atomic E-state index is 14.0. The van der Waals surface area contributed by atoms with Crippen LogP contribution in [0.1, 0.15) is 47.5 Å². The summed E-state index contributed by atoms with van der Waals surface area (Å²) >= 11 is 0. The molecule has 116 valence electrons. The van der Waals surface area contributed by atoms with E-state index in [-0.39, 0.29) is 12.0 Å². The van der Waals surface area contributed by atoms with Crippen LogP contribution in [0.25, 0.3) is 0 Å². The molecule has 0 N–H and O–H groups in total. The van der Waals surface area contributed by atoms with Crippen molar-refractivity contribution in [2.24, 2.45) is 0 Å². The van der Waals surface area contributed by atoms with Gasteiger partial charge in [0.25, 0.3) is 0 Å². The fourth-order valence-electron chi connectivity index (χ4n) is 1.28. The van der Waals surface area contributed by atoms with Crippen LogP contribution in [-0.2, 0) is 19.1 Å². The topological polar surface area (TPSA) is 52.6 Å². The number of carbonyl (C=O) groups is 2. The molecule has 0 rings (SSSR count). The van der Waals surface area contributed by atoms with Crippen molar-refractivity contribution in [2.45, 2.75) is 65.1 Å². The van der Waals surface area contributed by atoms with E-state index in [2.05, 4.69) is 16.1 Å². The first-order chi connectivity index (χ1) is 8.91. The summed E-state index contributed by atoms with van der Waals surface area (Å²) in [6.45, 7) is 10.8. The number of hydrogen-bond acceptors (Lipinski definition) is 4. The Morgan fingerprint density at radius 2 is 1.75 bits per heavy atom. The van der Waals surface area contributed by atoms with Gasteiger partial charge < -0.3 is 9.47 Å². The third-order valence-electron chi connectivity index (χ3n) is 2.22. The molecule has 0 radical (unpaired) electrons. The molecule has 0 saturated carbocycles. The minimum Gasteiger partial charge on any atom is -0.455 e. The average molecular weight is 292 g/mol. The Hall–Kier alpha value is -1.46. The number of ether oxygens (including phenoxy) is 2. The van der Waals surface area contributed by atoms with Crippen molar-refractivity contribution >= 4 is 11.9 Å². The van der Waals surface area contributed by atoms with Gasteiger partial charge in [-0.15, -0.1) is 0 Å². The first-order valence-corrected chi connectivity index (χ1v) is 6.39. The smallest absolute Gasteiger partial charge is 0.381 e. The maximum absolute atomic E-state index is 14.0. The fraction of sp³-hybridized carbons (Fsp3) is 0.714. The lowest BCUT2D eigenvalue weighted by molar-refractivity contribution is -0.205. The Labute approximate surface area is 118 Å². The number of alkyl halides is 2. The molecule has 0 saturated heterocycles. The molecule has 6 heteroatoms. The highest BCUT2D eigenvalue weighted by Gasteiger charge is 2.52. The van der Waals surface area contributed by atoms with Crippen molar-refractivity contribution < 1.29 is 27.8 Å². The van der Waals surface area contributed by atoms with Gasteiger partial charge >= 0.3 is 17.9 Å². The first-order valence-electron chi connectivity index (χ1n) is 6.39. The van der Waals surface area contributed by atoms with Gasteiger partial charge in [-0.1, -0.05) is 19.9 Å². The van der Waals surface area contributed by atoms with Gasteiger partial charge in [-0.25, -0.2) is 9.59 Å². The molecule has 20 heavy (non-hydrogen) atoms. The summed E-state index contributed by atoms with van der Waals surface area (Å²) in [5.74, 6) is -6.54. The van der Waals surface area contributed by atoms with Crippen LogP contribution in [0.4, 0.5) is 8.78 Å². The molecule has 0 aliphatic heterocycles. The average Bonchev–Trinajstić information content (AvgIpc) is 2.25. The molecule has 1 atom stereocenters. The van der Waals surface area contributed by atoms with Gasteiger partial charge in [-0.05, 0) is 34.1 Å². The predicted molar refractivity (Wildman–Crippen MR) is 70.4 cm³/mol. The van der Waals surface area contributed by atoms with Crippen LogP contribution in [0.3, 0.4) is 0 Å². The predicted octanol–water partition coefficient (Wildman–Crippen LogP) is 3.25. The molecule has 1 unspecified atom stereocenters. The Kier molecular flexibility index (Phi) is 6.32. The molecular formula is C14H22F2O4. The normalized spacial score (nSPS) is 13.6. The van der Waals surface area contributed by atoms with Gasteiger partial charge in [0.1, 0.15) is 5.60 Å². The molecule has 0 aromatic carbocycles. The van der Waals surface area contributed by atoms with E-state index in [1.807, 2.05) is 0 Å². The summed E-state index contributed by atoms with van der Waals surface area (Å²) in [6, 6.07) is 0. The summed E-state index contributed by atoms with van der Waals surface area (Å²) in [5.41, 5.74) is -1.05. The monoisotopic (exact) mass is 292 g/mol. The Morgan fingerprint density at radius 3 is 2.10 bits per heavy atom. The maximum Gasteiger partial charge on any atom is 0.381 e. The van der Waals surface area contributed by atoms with Crippen LogP contribution in [-0.4, -0.2) is 29.6 Å². The van der Waals surface area contributed by atoms with E-state index in [1.165, 1.54) is 27.7 Å². The van der Waals surface area contributed by atoms with E-state index in [1.54, 1.807) is 6.92 Å². The lowest BCUT2D eigenvalue weighted by Gasteiger charge is -2.28. The largest absolute Gasteiger partial charge is 0.455 e.